The van der Waals surface area contributed by atoms with E-state index in [0.717, 1.165) is 23.3 Å². The van der Waals surface area contributed by atoms with Crippen LogP contribution >= 0.6 is 0 Å². The summed E-state index contributed by atoms with van der Waals surface area (Å²) in [6.45, 7) is 6.07. The second-order valence-electron chi connectivity index (χ2n) is 5.07. The number of nitrogens with zero attached hydrogens (tertiary/aromatic N) is 1. The van der Waals surface area contributed by atoms with E-state index < -0.39 is 0 Å². The summed E-state index contributed by atoms with van der Waals surface area (Å²) >= 11 is 0. The number of para-hydroxylation sites is 2. The summed E-state index contributed by atoms with van der Waals surface area (Å²) in [5.41, 5.74) is 6.07. The number of aryl methyl sites for hydroxylation is 2. The van der Waals surface area contributed by atoms with Crippen molar-refractivity contribution in [2.24, 2.45) is 7.05 Å². The van der Waals surface area contributed by atoms with E-state index in [4.69, 9.17) is 0 Å². The average molecular weight is 299 g/mol. The molecule has 0 amide bonds. The lowest BCUT2D eigenvalue weighted by Gasteiger charge is -2.03. The van der Waals surface area contributed by atoms with Crippen LogP contribution < -0.4 is 17.0 Å². The summed E-state index contributed by atoms with van der Waals surface area (Å²) < 4.78 is 2.21. The van der Waals surface area contributed by atoms with Gasteiger partial charge in [0.2, 0.25) is 0 Å². The number of hydrogen-bond donors (Lipinski definition) is 1. The Morgan fingerprint density at radius 1 is 1.19 bits per heavy atom. The molecule has 2 aromatic carbocycles. The van der Waals surface area contributed by atoms with Crippen LogP contribution in [0.5, 0.6) is 0 Å². The third-order valence-electron chi connectivity index (χ3n) is 3.79. The molecule has 0 radical (unpaired) electrons. The minimum absolute atomic E-state index is 0. The Bertz CT molecular complexity index is 787. The molecule has 2 nitrogen and oxygen atoms in total. The fourth-order valence-corrected chi connectivity index (χ4v) is 2.65. The van der Waals surface area contributed by atoms with Crippen LogP contribution in [0.4, 0.5) is 0 Å². The number of nitrogens with one attached hydrogen (secondary N) is 1. The van der Waals surface area contributed by atoms with Crippen molar-refractivity contribution in [3.05, 3.63) is 60.2 Å². The maximum atomic E-state index is 3.89. The lowest BCUT2D eigenvalue weighted by atomic mass is 10.0. The van der Waals surface area contributed by atoms with Gasteiger partial charge in [0.05, 0.1) is 12.6 Å². The Hall–Kier alpha value is -2.06. The topological polar surface area (TPSA) is 19.7 Å². The summed E-state index contributed by atoms with van der Waals surface area (Å²) in [4.78, 5) is 3.51. The minimum Gasteiger partial charge on any atom is -1.00 e. The maximum absolute atomic E-state index is 3.89. The molecule has 0 unspecified atom stereocenters. The molecular formula is C18H19ClN2. The van der Waals surface area contributed by atoms with Crippen molar-refractivity contribution in [3.8, 4) is 11.4 Å². The molecule has 108 valence electrons. The van der Waals surface area contributed by atoms with Crippen molar-refractivity contribution in [1.29, 1.82) is 0 Å². The molecule has 0 aliphatic carbocycles. The van der Waals surface area contributed by atoms with Crippen LogP contribution in [0, 0.1) is 0 Å². The summed E-state index contributed by atoms with van der Waals surface area (Å²) in [7, 11) is 2.10. The van der Waals surface area contributed by atoms with Gasteiger partial charge in [-0.05, 0) is 41.8 Å². The standard InChI is InChI=1S/C18H18N2.ClH/c1-4-13-10-14(5-2)12-15(11-13)18-19-16-8-6-7-9-17(16)20(18)3;/h4,6-12H,1,5H2,2-3H3;1H. The Labute approximate surface area is 131 Å². The zero-order valence-corrected chi connectivity index (χ0v) is 13.1. The van der Waals surface area contributed by atoms with E-state index in [1.807, 2.05) is 6.08 Å². The Balaban J connectivity index is 0.00000161. The molecule has 0 bridgehead atoms. The molecule has 0 spiro atoms. The largest absolute Gasteiger partial charge is 1.00 e. The molecule has 0 fully saturated rings. The van der Waals surface area contributed by atoms with E-state index >= 15 is 0 Å². The normalized spacial score (nSPS) is 10.4. The number of fused-ring (bicyclic) bond motifs is 1. The van der Waals surface area contributed by atoms with Crippen molar-refractivity contribution in [3.63, 3.8) is 0 Å². The summed E-state index contributed by atoms with van der Waals surface area (Å²) in [6, 6.07) is 15.0. The third-order valence-corrected chi connectivity index (χ3v) is 3.79. The first-order valence-electron chi connectivity index (χ1n) is 6.96. The highest BCUT2D eigenvalue weighted by molar-refractivity contribution is 5.75. The van der Waals surface area contributed by atoms with E-state index in [2.05, 4.69) is 72.6 Å². The van der Waals surface area contributed by atoms with Gasteiger partial charge in [-0.2, -0.15) is 0 Å². The fraction of sp³-hybridized carbons (Fsp3) is 0.167. The number of halogens is 1. The van der Waals surface area contributed by atoms with Gasteiger partial charge in [-0.1, -0.05) is 37.8 Å². The van der Waals surface area contributed by atoms with Crippen molar-refractivity contribution in [2.75, 3.05) is 0 Å². The quantitative estimate of drug-likeness (QED) is 0.693. The van der Waals surface area contributed by atoms with Crippen molar-refractivity contribution in [2.45, 2.75) is 13.3 Å². The van der Waals surface area contributed by atoms with Gasteiger partial charge >= 0.3 is 0 Å². The van der Waals surface area contributed by atoms with Gasteiger partial charge in [-0.25, -0.2) is 9.55 Å². The van der Waals surface area contributed by atoms with Crippen LogP contribution in [0.3, 0.4) is 0 Å². The highest BCUT2D eigenvalue weighted by Crippen LogP contribution is 2.22. The number of H-pyrrole nitrogens is 1. The molecule has 21 heavy (non-hydrogen) atoms. The van der Waals surface area contributed by atoms with Gasteiger partial charge in [0.1, 0.15) is 0 Å². The second kappa shape index (κ2) is 6.15. The molecule has 3 rings (SSSR count). The molecule has 0 saturated heterocycles. The van der Waals surface area contributed by atoms with Crippen LogP contribution in [0.1, 0.15) is 18.1 Å². The van der Waals surface area contributed by atoms with Gasteiger partial charge in [0, 0.05) is 0 Å². The number of rotatable bonds is 3. The first-order chi connectivity index (χ1) is 9.72. The predicted molar refractivity (Wildman–Crippen MR) is 84.4 cm³/mol. The van der Waals surface area contributed by atoms with Crippen LogP contribution in [0.2, 0.25) is 0 Å². The zero-order chi connectivity index (χ0) is 14.1. The predicted octanol–water partition coefficient (Wildman–Crippen LogP) is 0.869. The number of hydrogen-bond acceptors (Lipinski definition) is 0. The molecule has 0 aliphatic heterocycles. The molecule has 0 saturated carbocycles. The first kappa shape index (κ1) is 15.3. The third kappa shape index (κ3) is 2.72. The summed E-state index contributed by atoms with van der Waals surface area (Å²) in [5.74, 6) is 1.13. The highest BCUT2D eigenvalue weighted by Gasteiger charge is 2.17. The number of benzene rings is 2. The molecule has 1 aromatic heterocycles. The molecular weight excluding hydrogens is 280 g/mol. The molecule has 0 atom stereocenters. The molecule has 3 aromatic rings. The Morgan fingerprint density at radius 2 is 1.95 bits per heavy atom. The SMILES string of the molecule is C=Cc1cc(CC)cc(-c2[nH]c3ccccc3[n+]2C)c1.[Cl-]. The summed E-state index contributed by atoms with van der Waals surface area (Å²) in [6.07, 6.45) is 2.93. The van der Waals surface area contributed by atoms with Crippen molar-refractivity contribution in [1.82, 2.24) is 4.98 Å². The highest BCUT2D eigenvalue weighted by atomic mass is 35.5. The van der Waals surface area contributed by atoms with E-state index in [9.17, 15) is 0 Å². The van der Waals surface area contributed by atoms with Gasteiger partial charge in [-0.15, -0.1) is 0 Å². The van der Waals surface area contributed by atoms with E-state index in [1.165, 1.54) is 16.6 Å². The van der Waals surface area contributed by atoms with Crippen molar-refractivity contribution >= 4 is 17.1 Å². The van der Waals surface area contributed by atoms with Gasteiger partial charge in [-0.3, -0.25) is 0 Å². The number of aromatic amines is 1. The zero-order valence-electron chi connectivity index (χ0n) is 12.4. The average Bonchev–Trinajstić information content (AvgIpc) is 2.84. The van der Waals surface area contributed by atoms with Crippen molar-refractivity contribution < 1.29 is 17.0 Å². The molecule has 1 heterocycles. The number of aromatic nitrogens is 2. The van der Waals surface area contributed by atoms with Crippen LogP contribution in [-0.4, -0.2) is 4.98 Å². The van der Waals surface area contributed by atoms with Crippen LogP contribution in [-0.2, 0) is 13.5 Å². The van der Waals surface area contributed by atoms with Gasteiger partial charge in [0.25, 0.3) is 5.82 Å². The minimum atomic E-state index is 0. The first-order valence-corrected chi connectivity index (χ1v) is 6.96. The van der Waals surface area contributed by atoms with Crippen LogP contribution in [0.25, 0.3) is 28.5 Å². The fourth-order valence-electron chi connectivity index (χ4n) is 2.65. The van der Waals surface area contributed by atoms with E-state index in [1.54, 1.807) is 0 Å². The Kier molecular flexibility index (Phi) is 4.49. The van der Waals surface area contributed by atoms with Gasteiger partial charge in [0.15, 0.2) is 11.0 Å². The summed E-state index contributed by atoms with van der Waals surface area (Å²) in [5, 5.41) is 0. The van der Waals surface area contributed by atoms with E-state index in [0.29, 0.717) is 0 Å². The number of imidazole rings is 1. The van der Waals surface area contributed by atoms with Crippen LogP contribution in [0.15, 0.2) is 49.0 Å². The van der Waals surface area contributed by atoms with Gasteiger partial charge < -0.3 is 12.4 Å². The second-order valence-corrected chi connectivity index (χ2v) is 5.07. The molecule has 0 aliphatic rings. The monoisotopic (exact) mass is 298 g/mol. The Morgan fingerprint density at radius 3 is 2.62 bits per heavy atom. The lowest BCUT2D eigenvalue weighted by Crippen LogP contribution is -3.00. The lowest BCUT2D eigenvalue weighted by molar-refractivity contribution is -0.633. The smallest absolute Gasteiger partial charge is 0.287 e. The van der Waals surface area contributed by atoms with E-state index in [-0.39, 0.29) is 12.4 Å². The molecule has 3 heteroatoms. The maximum Gasteiger partial charge on any atom is 0.287 e. The molecule has 1 N–H and O–H groups in total.